The third-order valence-corrected chi connectivity index (χ3v) is 5.28. The Morgan fingerprint density at radius 2 is 1.77 bits per heavy atom. The number of hydrogen-bond donors (Lipinski definition) is 2. The molecule has 0 aliphatic rings. The summed E-state index contributed by atoms with van der Waals surface area (Å²) < 4.78 is 10.9. The van der Waals surface area contributed by atoms with Crippen LogP contribution >= 0.6 is 23.2 Å². The summed E-state index contributed by atoms with van der Waals surface area (Å²) in [4.78, 5) is 24.5. The van der Waals surface area contributed by atoms with Crippen molar-refractivity contribution in [2.75, 3.05) is 6.61 Å². The Kier molecular flexibility index (Phi) is 9.95. The van der Waals surface area contributed by atoms with Gasteiger partial charge in [0.05, 0.1) is 25.3 Å². The van der Waals surface area contributed by atoms with Gasteiger partial charge >= 0.3 is 6.09 Å². The second kappa shape index (κ2) is 13.4. The van der Waals surface area contributed by atoms with Gasteiger partial charge < -0.3 is 14.8 Å². The first-order chi connectivity index (χ1) is 16.9. The fourth-order valence-corrected chi connectivity index (χ4v) is 3.59. The lowest BCUT2D eigenvalue weighted by Crippen LogP contribution is -2.33. The summed E-state index contributed by atoms with van der Waals surface area (Å²) in [5, 5.41) is 7.87. The van der Waals surface area contributed by atoms with E-state index in [0.717, 1.165) is 11.1 Å². The highest BCUT2D eigenvalue weighted by molar-refractivity contribution is 6.31. The Labute approximate surface area is 214 Å². The monoisotopic (exact) mass is 513 g/mol. The van der Waals surface area contributed by atoms with Gasteiger partial charge in [-0.15, -0.1) is 0 Å². The summed E-state index contributed by atoms with van der Waals surface area (Å²) in [7, 11) is 0. The number of ether oxygens (including phenoxy) is 2. The molecule has 182 valence electrons. The Hall–Kier alpha value is -3.55. The SMILES string of the molecule is CCOC(=O)N[C@@H](CC(=O)N/N=C\c1cc(Cl)ccc1OCc1cccc(Cl)c1)c1ccccc1. The third kappa shape index (κ3) is 8.63. The molecule has 0 fully saturated rings. The minimum atomic E-state index is -0.599. The number of hydrazone groups is 1. The molecule has 0 aliphatic heterocycles. The predicted octanol–water partition coefficient (Wildman–Crippen LogP) is 5.90. The molecule has 35 heavy (non-hydrogen) atoms. The van der Waals surface area contributed by atoms with E-state index in [1.807, 2.05) is 48.5 Å². The van der Waals surface area contributed by atoms with E-state index in [2.05, 4.69) is 15.8 Å². The Morgan fingerprint density at radius 1 is 1.00 bits per heavy atom. The number of alkyl carbamates (subject to hydrolysis) is 1. The van der Waals surface area contributed by atoms with Crippen LogP contribution in [0.1, 0.15) is 36.1 Å². The van der Waals surface area contributed by atoms with Gasteiger partial charge in [-0.2, -0.15) is 5.10 Å². The largest absolute Gasteiger partial charge is 0.488 e. The van der Waals surface area contributed by atoms with Crippen LogP contribution in [0.15, 0.2) is 77.9 Å². The molecule has 0 bridgehead atoms. The Morgan fingerprint density at radius 3 is 2.51 bits per heavy atom. The van der Waals surface area contributed by atoms with Crippen LogP contribution in [0.4, 0.5) is 4.79 Å². The van der Waals surface area contributed by atoms with Gasteiger partial charge in [-0.3, -0.25) is 4.79 Å². The molecule has 2 N–H and O–H groups in total. The van der Waals surface area contributed by atoms with Crippen molar-refractivity contribution in [1.82, 2.24) is 10.7 Å². The number of carbonyl (C=O) groups is 2. The van der Waals surface area contributed by atoms with E-state index in [0.29, 0.717) is 28.0 Å². The van der Waals surface area contributed by atoms with E-state index in [4.69, 9.17) is 32.7 Å². The van der Waals surface area contributed by atoms with Crippen molar-refractivity contribution < 1.29 is 19.1 Å². The minimum absolute atomic E-state index is 0.0339. The van der Waals surface area contributed by atoms with Crippen LogP contribution in [-0.4, -0.2) is 24.8 Å². The molecule has 0 saturated heterocycles. The molecule has 0 heterocycles. The van der Waals surface area contributed by atoms with Gasteiger partial charge in [0.1, 0.15) is 12.4 Å². The molecule has 2 amide bonds. The first-order valence-corrected chi connectivity index (χ1v) is 11.7. The molecule has 0 aliphatic carbocycles. The van der Waals surface area contributed by atoms with Gasteiger partial charge in [0.2, 0.25) is 5.91 Å². The predicted molar refractivity (Wildman–Crippen MR) is 137 cm³/mol. The standard InChI is InChI=1S/C26H25Cl2N3O4/c1-2-34-26(33)30-23(19-8-4-3-5-9-19)15-25(32)31-29-16-20-14-22(28)11-12-24(20)35-17-18-7-6-10-21(27)13-18/h3-14,16,23H,2,15,17H2,1H3,(H,30,33)(H,31,32)/b29-16-/t23-/m0/s1. The van der Waals surface area contributed by atoms with Crippen molar-refractivity contribution in [1.29, 1.82) is 0 Å². The van der Waals surface area contributed by atoms with E-state index >= 15 is 0 Å². The molecular formula is C26H25Cl2N3O4. The first kappa shape index (κ1) is 26.1. The fraction of sp³-hybridized carbons (Fsp3) is 0.192. The van der Waals surface area contributed by atoms with Gasteiger partial charge in [0.15, 0.2) is 0 Å². The average molecular weight is 514 g/mol. The molecule has 0 saturated carbocycles. The lowest BCUT2D eigenvalue weighted by molar-refractivity contribution is -0.121. The highest BCUT2D eigenvalue weighted by atomic mass is 35.5. The normalized spacial score (nSPS) is 11.6. The van der Waals surface area contributed by atoms with Gasteiger partial charge in [-0.05, 0) is 48.4 Å². The van der Waals surface area contributed by atoms with Crippen LogP contribution in [0, 0.1) is 0 Å². The van der Waals surface area contributed by atoms with Crippen molar-refractivity contribution in [2.45, 2.75) is 26.0 Å². The number of amides is 2. The second-order valence-corrected chi connectivity index (χ2v) is 8.30. The average Bonchev–Trinajstić information content (AvgIpc) is 2.84. The molecule has 3 rings (SSSR count). The van der Waals surface area contributed by atoms with E-state index in [1.54, 1.807) is 31.2 Å². The van der Waals surface area contributed by atoms with Crippen molar-refractivity contribution in [3.05, 3.63) is 99.5 Å². The smallest absolute Gasteiger partial charge is 0.407 e. The molecule has 0 radical (unpaired) electrons. The van der Waals surface area contributed by atoms with E-state index in [9.17, 15) is 9.59 Å². The molecule has 0 spiro atoms. The maximum absolute atomic E-state index is 12.6. The van der Waals surface area contributed by atoms with Crippen molar-refractivity contribution in [2.24, 2.45) is 5.10 Å². The number of nitrogens with one attached hydrogen (secondary N) is 2. The molecule has 3 aromatic rings. The van der Waals surface area contributed by atoms with Crippen molar-refractivity contribution in [3.63, 3.8) is 0 Å². The summed E-state index contributed by atoms with van der Waals surface area (Å²) >= 11 is 12.2. The number of carbonyl (C=O) groups excluding carboxylic acids is 2. The van der Waals surface area contributed by atoms with Crippen LogP contribution in [-0.2, 0) is 16.1 Å². The zero-order valence-electron chi connectivity index (χ0n) is 19.0. The molecule has 1 atom stereocenters. The molecule has 0 aromatic heterocycles. The summed E-state index contributed by atoms with van der Waals surface area (Å²) in [5.41, 5.74) is 4.75. The van der Waals surface area contributed by atoms with Crippen LogP contribution < -0.4 is 15.5 Å². The van der Waals surface area contributed by atoms with Crippen molar-refractivity contribution in [3.8, 4) is 5.75 Å². The molecule has 3 aromatic carbocycles. The Balaban J connectivity index is 1.64. The number of nitrogens with zero attached hydrogens (tertiary/aromatic N) is 1. The molecule has 9 heteroatoms. The first-order valence-electron chi connectivity index (χ1n) is 10.9. The third-order valence-electron chi connectivity index (χ3n) is 4.81. The number of benzene rings is 3. The molecule has 7 nitrogen and oxygen atoms in total. The maximum Gasteiger partial charge on any atom is 0.407 e. The van der Waals surface area contributed by atoms with E-state index < -0.39 is 18.0 Å². The number of halogens is 2. The van der Waals surface area contributed by atoms with Crippen LogP contribution in [0.25, 0.3) is 0 Å². The zero-order valence-corrected chi connectivity index (χ0v) is 20.6. The van der Waals surface area contributed by atoms with Gasteiger partial charge in [0.25, 0.3) is 0 Å². The topological polar surface area (TPSA) is 89.0 Å². The van der Waals surface area contributed by atoms with Gasteiger partial charge in [-0.1, -0.05) is 65.7 Å². The zero-order chi connectivity index (χ0) is 25.0. The fourth-order valence-electron chi connectivity index (χ4n) is 3.20. The van der Waals surface area contributed by atoms with E-state index in [1.165, 1.54) is 6.21 Å². The van der Waals surface area contributed by atoms with Crippen LogP contribution in [0.5, 0.6) is 5.75 Å². The quantitative estimate of drug-likeness (QED) is 0.261. The van der Waals surface area contributed by atoms with Gasteiger partial charge in [-0.25, -0.2) is 10.2 Å². The van der Waals surface area contributed by atoms with E-state index in [-0.39, 0.29) is 13.0 Å². The Bertz CT molecular complexity index is 1170. The van der Waals surface area contributed by atoms with Crippen LogP contribution in [0.3, 0.4) is 0 Å². The number of hydrogen-bond acceptors (Lipinski definition) is 5. The highest BCUT2D eigenvalue weighted by Gasteiger charge is 2.18. The summed E-state index contributed by atoms with van der Waals surface area (Å²) in [5.74, 6) is 0.147. The molecular weight excluding hydrogens is 489 g/mol. The second-order valence-electron chi connectivity index (χ2n) is 7.43. The minimum Gasteiger partial charge on any atom is -0.488 e. The summed E-state index contributed by atoms with van der Waals surface area (Å²) in [6.45, 7) is 2.24. The van der Waals surface area contributed by atoms with Crippen molar-refractivity contribution >= 4 is 41.4 Å². The maximum atomic E-state index is 12.6. The lowest BCUT2D eigenvalue weighted by atomic mass is 10.0. The lowest BCUT2D eigenvalue weighted by Gasteiger charge is -2.18. The number of rotatable bonds is 10. The summed E-state index contributed by atoms with van der Waals surface area (Å²) in [6.07, 6.45) is 0.819. The van der Waals surface area contributed by atoms with Gasteiger partial charge in [0, 0.05) is 15.6 Å². The van der Waals surface area contributed by atoms with Crippen LogP contribution in [0.2, 0.25) is 10.0 Å². The molecule has 0 unspecified atom stereocenters. The highest BCUT2D eigenvalue weighted by Crippen LogP contribution is 2.23. The summed E-state index contributed by atoms with van der Waals surface area (Å²) in [6, 6.07) is 21.1.